The second kappa shape index (κ2) is 8.86. The lowest BCUT2D eigenvalue weighted by molar-refractivity contribution is -0.137. The molecule has 1 saturated heterocycles. The molecule has 2 heterocycles. The molecule has 30 heavy (non-hydrogen) atoms. The number of carbonyl (C=O) groups excluding carboxylic acids is 2. The van der Waals surface area contributed by atoms with Gasteiger partial charge in [0.25, 0.3) is 0 Å². The second-order valence-corrected chi connectivity index (χ2v) is 8.21. The molecule has 1 N–H and O–H groups in total. The standard InChI is InChI=1S/C23H23ClN4O2/c24-19-8-7-17(13-25)20(12-19)26-22(29)15-28-14-18-6-2-1-5-16(18)11-21(28)23(30)27-9-3-4-10-27/h1-2,5-8,12,21H,3-4,9-11,14-15H2,(H,26,29). The zero-order valence-corrected chi connectivity index (χ0v) is 17.4. The number of fused-ring (bicyclic) bond motifs is 1. The smallest absolute Gasteiger partial charge is 0.240 e. The molecule has 2 aromatic carbocycles. The summed E-state index contributed by atoms with van der Waals surface area (Å²) in [6.45, 7) is 2.17. The van der Waals surface area contributed by atoms with Crippen molar-refractivity contribution < 1.29 is 9.59 Å². The van der Waals surface area contributed by atoms with E-state index in [4.69, 9.17) is 11.6 Å². The molecule has 2 aliphatic rings. The Bertz CT molecular complexity index is 1010. The maximum Gasteiger partial charge on any atom is 0.240 e. The summed E-state index contributed by atoms with van der Waals surface area (Å²) in [6.07, 6.45) is 2.65. The van der Waals surface area contributed by atoms with Gasteiger partial charge in [-0.1, -0.05) is 35.9 Å². The quantitative estimate of drug-likeness (QED) is 0.820. The summed E-state index contributed by atoms with van der Waals surface area (Å²) < 4.78 is 0. The third kappa shape index (κ3) is 4.33. The predicted octanol–water partition coefficient (Wildman–Crippen LogP) is 3.20. The van der Waals surface area contributed by atoms with Gasteiger partial charge in [-0.2, -0.15) is 5.26 Å². The molecule has 6 nitrogen and oxygen atoms in total. The van der Waals surface area contributed by atoms with Crippen LogP contribution < -0.4 is 5.32 Å². The fourth-order valence-electron chi connectivity index (χ4n) is 4.23. The lowest BCUT2D eigenvalue weighted by Crippen LogP contribution is -2.52. The van der Waals surface area contributed by atoms with Crippen molar-refractivity contribution >= 4 is 29.1 Å². The largest absolute Gasteiger partial charge is 0.341 e. The highest BCUT2D eigenvalue weighted by atomic mass is 35.5. The van der Waals surface area contributed by atoms with Gasteiger partial charge in [0.2, 0.25) is 11.8 Å². The van der Waals surface area contributed by atoms with Crippen LogP contribution in [0.4, 0.5) is 5.69 Å². The van der Waals surface area contributed by atoms with Crippen molar-refractivity contribution in [2.24, 2.45) is 0 Å². The van der Waals surface area contributed by atoms with Gasteiger partial charge in [-0.05, 0) is 48.6 Å². The summed E-state index contributed by atoms with van der Waals surface area (Å²) >= 11 is 6.02. The van der Waals surface area contributed by atoms with Crippen molar-refractivity contribution in [3.05, 3.63) is 64.2 Å². The molecule has 2 aromatic rings. The van der Waals surface area contributed by atoms with Crippen molar-refractivity contribution in [2.45, 2.75) is 31.8 Å². The predicted molar refractivity (Wildman–Crippen MR) is 115 cm³/mol. The topological polar surface area (TPSA) is 76.4 Å². The molecule has 0 bridgehead atoms. The molecule has 1 unspecified atom stereocenters. The Morgan fingerprint density at radius 2 is 1.87 bits per heavy atom. The number of likely N-dealkylation sites (tertiary alicyclic amines) is 1. The maximum absolute atomic E-state index is 13.2. The zero-order chi connectivity index (χ0) is 21.1. The molecular weight excluding hydrogens is 400 g/mol. The number of anilines is 1. The van der Waals surface area contributed by atoms with Gasteiger partial charge in [0.05, 0.1) is 23.8 Å². The summed E-state index contributed by atoms with van der Waals surface area (Å²) in [5, 5.41) is 12.5. The Kier molecular flexibility index (Phi) is 6.03. The third-order valence-corrected chi connectivity index (χ3v) is 6.01. The van der Waals surface area contributed by atoms with Gasteiger partial charge in [0, 0.05) is 24.7 Å². The number of hydrogen-bond acceptors (Lipinski definition) is 4. The number of benzene rings is 2. The van der Waals surface area contributed by atoms with E-state index in [0.717, 1.165) is 37.1 Å². The molecule has 7 heteroatoms. The summed E-state index contributed by atoms with van der Waals surface area (Å²) in [5.74, 6) is -0.178. The third-order valence-electron chi connectivity index (χ3n) is 5.77. The van der Waals surface area contributed by atoms with E-state index in [0.29, 0.717) is 29.2 Å². The van der Waals surface area contributed by atoms with E-state index in [1.807, 2.05) is 28.0 Å². The highest BCUT2D eigenvalue weighted by molar-refractivity contribution is 6.31. The summed E-state index contributed by atoms with van der Waals surface area (Å²) in [6, 6.07) is 14.5. The number of nitrogens with zero attached hydrogens (tertiary/aromatic N) is 3. The Hall–Kier alpha value is -2.88. The van der Waals surface area contributed by atoms with Crippen LogP contribution in [0.2, 0.25) is 5.02 Å². The first-order valence-corrected chi connectivity index (χ1v) is 10.5. The molecule has 0 spiro atoms. The summed E-state index contributed by atoms with van der Waals surface area (Å²) in [4.78, 5) is 29.9. The Labute approximate surface area is 181 Å². The van der Waals surface area contributed by atoms with Crippen LogP contribution in [0.1, 0.15) is 29.5 Å². The van der Waals surface area contributed by atoms with Gasteiger partial charge in [0.1, 0.15) is 6.07 Å². The van der Waals surface area contributed by atoms with E-state index in [-0.39, 0.29) is 24.4 Å². The first kappa shape index (κ1) is 20.4. The van der Waals surface area contributed by atoms with Crippen LogP contribution in [0.15, 0.2) is 42.5 Å². The van der Waals surface area contributed by atoms with Crippen LogP contribution >= 0.6 is 11.6 Å². The van der Waals surface area contributed by atoms with E-state index >= 15 is 0 Å². The highest BCUT2D eigenvalue weighted by Gasteiger charge is 2.35. The zero-order valence-electron chi connectivity index (χ0n) is 16.6. The van der Waals surface area contributed by atoms with Gasteiger partial charge >= 0.3 is 0 Å². The molecule has 0 aromatic heterocycles. The number of hydrogen-bond donors (Lipinski definition) is 1. The molecule has 1 atom stereocenters. The average Bonchev–Trinajstić information content (AvgIpc) is 3.28. The molecule has 0 saturated carbocycles. The molecule has 0 radical (unpaired) electrons. The molecule has 1 fully saturated rings. The number of nitrogens with one attached hydrogen (secondary N) is 1. The first-order valence-electron chi connectivity index (χ1n) is 10.1. The van der Waals surface area contributed by atoms with Crippen molar-refractivity contribution in [1.82, 2.24) is 9.80 Å². The lowest BCUT2D eigenvalue weighted by atomic mass is 9.93. The Balaban J connectivity index is 1.54. The van der Waals surface area contributed by atoms with Crippen molar-refractivity contribution in [2.75, 3.05) is 25.0 Å². The molecule has 2 aliphatic heterocycles. The van der Waals surface area contributed by atoms with Gasteiger partial charge in [-0.25, -0.2) is 0 Å². The minimum absolute atomic E-state index is 0.0654. The van der Waals surface area contributed by atoms with Crippen LogP contribution in [0.3, 0.4) is 0 Å². The van der Waals surface area contributed by atoms with Crippen LogP contribution in [0.5, 0.6) is 0 Å². The van der Waals surface area contributed by atoms with E-state index in [2.05, 4.69) is 17.5 Å². The van der Waals surface area contributed by atoms with E-state index in [1.54, 1.807) is 18.2 Å². The van der Waals surface area contributed by atoms with Crippen LogP contribution in [0, 0.1) is 11.3 Å². The summed E-state index contributed by atoms with van der Waals surface area (Å²) in [7, 11) is 0. The van der Waals surface area contributed by atoms with E-state index < -0.39 is 0 Å². The van der Waals surface area contributed by atoms with Crippen LogP contribution in [-0.2, 0) is 22.6 Å². The lowest BCUT2D eigenvalue weighted by Gasteiger charge is -2.37. The highest BCUT2D eigenvalue weighted by Crippen LogP contribution is 2.26. The second-order valence-electron chi connectivity index (χ2n) is 7.78. The van der Waals surface area contributed by atoms with E-state index in [9.17, 15) is 14.9 Å². The molecule has 154 valence electrons. The first-order chi connectivity index (χ1) is 14.5. The average molecular weight is 423 g/mol. The fourth-order valence-corrected chi connectivity index (χ4v) is 4.40. The van der Waals surface area contributed by atoms with Gasteiger partial charge in [-0.15, -0.1) is 0 Å². The molecule has 2 amide bonds. The Morgan fingerprint density at radius 1 is 1.13 bits per heavy atom. The fraction of sp³-hybridized carbons (Fsp3) is 0.348. The van der Waals surface area contributed by atoms with Crippen molar-refractivity contribution in [1.29, 1.82) is 5.26 Å². The summed E-state index contributed by atoms with van der Waals surface area (Å²) in [5.41, 5.74) is 3.03. The Morgan fingerprint density at radius 3 is 2.60 bits per heavy atom. The van der Waals surface area contributed by atoms with Gasteiger partial charge in [-0.3, -0.25) is 14.5 Å². The molecular formula is C23H23ClN4O2. The normalized spacial score (nSPS) is 18.5. The number of rotatable bonds is 4. The minimum Gasteiger partial charge on any atom is -0.341 e. The molecule has 0 aliphatic carbocycles. The number of nitriles is 1. The minimum atomic E-state index is -0.362. The van der Waals surface area contributed by atoms with Gasteiger partial charge in [0.15, 0.2) is 0 Å². The number of amides is 2. The maximum atomic E-state index is 13.2. The number of halogens is 1. The van der Waals surface area contributed by atoms with Crippen LogP contribution in [0.25, 0.3) is 0 Å². The van der Waals surface area contributed by atoms with Crippen molar-refractivity contribution in [3.63, 3.8) is 0 Å². The number of carbonyl (C=O) groups is 2. The SMILES string of the molecule is N#Cc1ccc(Cl)cc1NC(=O)CN1Cc2ccccc2CC1C(=O)N1CCCC1. The van der Waals surface area contributed by atoms with Gasteiger partial charge < -0.3 is 10.2 Å². The molecule has 4 rings (SSSR count). The monoisotopic (exact) mass is 422 g/mol. The van der Waals surface area contributed by atoms with E-state index in [1.165, 1.54) is 0 Å². The van der Waals surface area contributed by atoms with Crippen molar-refractivity contribution in [3.8, 4) is 6.07 Å². The van der Waals surface area contributed by atoms with Crippen LogP contribution in [-0.4, -0.2) is 47.3 Å².